The topological polar surface area (TPSA) is 346 Å². The van der Waals surface area contributed by atoms with Crippen LogP contribution < -0.4 is 16.4 Å². The zero-order valence-electron chi connectivity index (χ0n) is 26.5. The van der Waals surface area contributed by atoms with E-state index in [2.05, 4.69) is 47.8 Å². The third-order valence-electron chi connectivity index (χ3n) is 8.23. The molecule has 19 nitrogen and oxygen atoms in total. The minimum atomic E-state index is -2.34. The molecule has 2 aromatic rings. The summed E-state index contributed by atoms with van der Waals surface area (Å²) in [6, 6.07) is 3.08. The SMILES string of the molecule is NC(=O)c1c(Br)c(C(N)=O)c(Br)c(N(CC(O)C(O)C(O)C(O)CO)C(=O)C(CC(O)C(O)C(O)C(O)CO)N2C(=O)c3ccccc3C2=O)c1Br. The molecule has 0 spiro atoms. The van der Waals surface area contributed by atoms with Gasteiger partial charge in [0.25, 0.3) is 29.5 Å². The van der Waals surface area contributed by atoms with Gasteiger partial charge in [-0.05, 0) is 59.9 Å². The van der Waals surface area contributed by atoms with Crippen LogP contribution in [-0.2, 0) is 4.79 Å². The normalized spacial score (nSPS) is 18.1. The Labute approximate surface area is 319 Å². The molecule has 22 heteroatoms. The molecular weight excluding hydrogens is 896 g/mol. The number of halogens is 3. The maximum atomic E-state index is 14.9. The van der Waals surface area contributed by atoms with Gasteiger partial charge in [0, 0.05) is 10.9 Å². The number of nitrogens with two attached hydrogens (primary N) is 2. The first-order valence-electron chi connectivity index (χ1n) is 15.0. The summed E-state index contributed by atoms with van der Waals surface area (Å²) in [6.07, 6.45) is -18.8. The fourth-order valence-electron chi connectivity index (χ4n) is 5.39. The Bertz CT molecular complexity index is 1640. The van der Waals surface area contributed by atoms with Crippen molar-refractivity contribution in [2.75, 3.05) is 24.7 Å². The molecule has 9 atom stereocenters. The van der Waals surface area contributed by atoms with Crippen LogP contribution in [-0.4, -0.2) is 160 Å². The van der Waals surface area contributed by atoms with E-state index in [9.17, 15) is 75.0 Å². The number of imide groups is 1. The van der Waals surface area contributed by atoms with Crippen molar-refractivity contribution in [3.05, 3.63) is 59.9 Å². The van der Waals surface area contributed by atoms with E-state index in [4.69, 9.17) is 11.5 Å². The molecule has 14 N–H and O–H groups in total. The average Bonchev–Trinajstić information content (AvgIpc) is 3.35. The van der Waals surface area contributed by atoms with Crippen LogP contribution in [0.15, 0.2) is 37.7 Å². The molecule has 0 radical (unpaired) electrons. The van der Waals surface area contributed by atoms with Crippen molar-refractivity contribution in [3.8, 4) is 0 Å². The Balaban J connectivity index is 2.35. The Kier molecular flexibility index (Phi) is 15.0. The Morgan fingerprint density at radius 1 is 0.654 bits per heavy atom. The lowest BCUT2D eigenvalue weighted by Crippen LogP contribution is -2.57. The first kappa shape index (κ1) is 43.4. The van der Waals surface area contributed by atoms with E-state index in [-0.39, 0.29) is 15.6 Å². The Hall–Kier alpha value is -2.97. The van der Waals surface area contributed by atoms with E-state index < -0.39 is 136 Å². The predicted octanol–water partition coefficient (Wildman–Crippen LogP) is -3.57. The molecule has 0 bridgehead atoms. The number of amides is 5. The van der Waals surface area contributed by atoms with E-state index in [1.54, 1.807) is 0 Å². The molecular formula is C30H35Br3N4O15. The summed E-state index contributed by atoms with van der Waals surface area (Å²) in [6.45, 7) is -3.33. The molecule has 3 rings (SSSR count). The number of aliphatic hydroxyl groups excluding tert-OH is 10. The minimum absolute atomic E-state index is 0.197. The van der Waals surface area contributed by atoms with Crippen molar-refractivity contribution in [2.24, 2.45) is 11.5 Å². The molecule has 0 saturated carbocycles. The second kappa shape index (κ2) is 17.9. The molecule has 0 saturated heterocycles. The van der Waals surface area contributed by atoms with Crippen molar-refractivity contribution in [2.45, 2.75) is 61.3 Å². The maximum absolute atomic E-state index is 14.9. The number of aliphatic hydroxyl groups is 10. The van der Waals surface area contributed by atoms with E-state index >= 15 is 0 Å². The van der Waals surface area contributed by atoms with Crippen LogP contribution in [0.1, 0.15) is 47.9 Å². The Morgan fingerprint density at radius 2 is 1.04 bits per heavy atom. The molecule has 0 aliphatic carbocycles. The highest BCUT2D eigenvalue weighted by molar-refractivity contribution is 9.11. The number of hydrogen-bond donors (Lipinski definition) is 12. The van der Waals surface area contributed by atoms with Crippen LogP contribution in [0.3, 0.4) is 0 Å². The fraction of sp³-hybridized carbons (Fsp3) is 0.433. The van der Waals surface area contributed by atoms with Gasteiger partial charge in [0.15, 0.2) is 0 Å². The predicted molar refractivity (Wildman–Crippen MR) is 187 cm³/mol. The van der Waals surface area contributed by atoms with Gasteiger partial charge in [-0.25, -0.2) is 0 Å². The first-order valence-corrected chi connectivity index (χ1v) is 17.4. The summed E-state index contributed by atoms with van der Waals surface area (Å²) in [7, 11) is 0. The second-order valence-corrected chi connectivity index (χ2v) is 14.0. The number of anilines is 1. The quantitative estimate of drug-likeness (QED) is 0.0683. The molecule has 286 valence electrons. The largest absolute Gasteiger partial charge is 0.394 e. The van der Waals surface area contributed by atoms with Crippen LogP contribution in [0.25, 0.3) is 0 Å². The molecule has 1 heterocycles. The van der Waals surface area contributed by atoms with E-state index in [0.29, 0.717) is 9.80 Å². The van der Waals surface area contributed by atoms with Crippen molar-refractivity contribution in [3.63, 3.8) is 0 Å². The molecule has 1 aliphatic heterocycles. The van der Waals surface area contributed by atoms with Gasteiger partial charge in [0.1, 0.15) is 48.8 Å². The average molecular weight is 931 g/mol. The summed E-state index contributed by atoms with van der Waals surface area (Å²) in [5.41, 5.74) is 9.15. The minimum Gasteiger partial charge on any atom is -0.394 e. The van der Waals surface area contributed by atoms with E-state index in [1.165, 1.54) is 24.3 Å². The van der Waals surface area contributed by atoms with Crippen molar-refractivity contribution in [1.82, 2.24) is 4.90 Å². The van der Waals surface area contributed by atoms with Crippen LogP contribution in [0, 0.1) is 0 Å². The molecule has 0 fully saturated rings. The molecule has 52 heavy (non-hydrogen) atoms. The standard InChI is InChI=1S/C30H35Br3N4O15/c31-18-16(26(34)48)19(32)21(20(33)17(18)27(35)49)36(6-13(41)23(45)25(47)15(43)8-39)30(52)11(5-12(40)22(44)24(46)14(42)7-38)37-28(50)9-3-1-2-4-10(9)29(37)51/h1-4,11-15,22-25,38-47H,5-8H2,(H2,34,48)(H2,35,49). The van der Waals surface area contributed by atoms with Gasteiger partial charge < -0.3 is 67.4 Å². The molecule has 9 unspecified atom stereocenters. The summed E-state index contributed by atoms with van der Waals surface area (Å²) in [4.78, 5) is 68.4. The van der Waals surface area contributed by atoms with Gasteiger partial charge in [0.05, 0.1) is 62.7 Å². The van der Waals surface area contributed by atoms with Gasteiger partial charge in [-0.3, -0.25) is 28.9 Å². The molecule has 0 aromatic heterocycles. The number of nitrogens with zero attached hydrogens (tertiary/aromatic N) is 2. The van der Waals surface area contributed by atoms with E-state index in [1.807, 2.05) is 0 Å². The number of benzene rings is 2. The molecule has 5 amide bonds. The molecule has 2 aromatic carbocycles. The summed E-state index contributed by atoms with van der Waals surface area (Å²) < 4.78 is -1.06. The van der Waals surface area contributed by atoms with Gasteiger partial charge in [-0.2, -0.15) is 0 Å². The fourth-order valence-corrected chi connectivity index (χ4v) is 8.59. The second-order valence-electron chi connectivity index (χ2n) is 11.6. The summed E-state index contributed by atoms with van der Waals surface area (Å²) in [5.74, 6) is -6.06. The van der Waals surface area contributed by atoms with Crippen LogP contribution in [0.2, 0.25) is 0 Å². The zero-order chi connectivity index (χ0) is 39.5. The summed E-state index contributed by atoms with van der Waals surface area (Å²) in [5, 5.41) is 102. The van der Waals surface area contributed by atoms with Crippen LogP contribution in [0.5, 0.6) is 0 Å². The lowest BCUT2D eigenvalue weighted by Gasteiger charge is -2.37. The smallest absolute Gasteiger partial charge is 0.262 e. The van der Waals surface area contributed by atoms with Gasteiger partial charge in [-0.1, -0.05) is 12.1 Å². The number of primary amides is 2. The highest BCUT2D eigenvalue weighted by Crippen LogP contribution is 2.45. The van der Waals surface area contributed by atoms with Crippen LogP contribution >= 0.6 is 47.8 Å². The lowest BCUT2D eigenvalue weighted by molar-refractivity contribution is -0.132. The van der Waals surface area contributed by atoms with Crippen molar-refractivity contribution in [1.29, 1.82) is 0 Å². The highest BCUT2D eigenvalue weighted by Gasteiger charge is 2.48. The zero-order valence-corrected chi connectivity index (χ0v) is 31.3. The Morgan fingerprint density at radius 3 is 1.42 bits per heavy atom. The van der Waals surface area contributed by atoms with Crippen molar-refractivity contribution >= 4 is 83.0 Å². The monoisotopic (exact) mass is 928 g/mol. The number of carbonyl (C=O) groups is 5. The molecule has 1 aliphatic rings. The third-order valence-corrected chi connectivity index (χ3v) is 10.6. The maximum Gasteiger partial charge on any atom is 0.262 e. The summed E-state index contributed by atoms with van der Waals surface area (Å²) >= 11 is 9.31. The van der Waals surface area contributed by atoms with E-state index in [0.717, 1.165) is 0 Å². The lowest BCUT2D eigenvalue weighted by atomic mass is 9.95. The van der Waals surface area contributed by atoms with Gasteiger partial charge >= 0.3 is 0 Å². The van der Waals surface area contributed by atoms with Crippen molar-refractivity contribution < 1.29 is 75.0 Å². The number of hydrogen-bond acceptors (Lipinski definition) is 15. The number of rotatable bonds is 17. The highest BCUT2D eigenvalue weighted by atomic mass is 79.9. The number of carbonyl (C=O) groups excluding carboxylic acids is 5. The number of fused-ring (bicyclic) bond motifs is 1. The van der Waals surface area contributed by atoms with Crippen LogP contribution in [0.4, 0.5) is 5.69 Å². The third kappa shape index (κ3) is 8.54. The van der Waals surface area contributed by atoms with Gasteiger partial charge in [0.2, 0.25) is 0 Å². The first-order chi connectivity index (χ1) is 24.2. The van der Waals surface area contributed by atoms with Gasteiger partial charge in [-0.15, -0.1) is 0 Å².